The van der Waals surface area contributed by atoms with Crippen LogP contribution >= 0.6 is 0 Å². The molecule has 3 rings (SSSR count). The Hall–Kier alpha value is -1.72. The Balaban J connectivity index is 1.74. The molecule has 1 aliphatic heterocycles. The zero-order chi connectivity index (χ0) is 18.9. The van der Waals surface area contributed by atoms with E-state index in [-0.39, 0.29) is 5.70 Å². The largest absolute Gasteiger partial charge is 0.394 e. The molecule has 0 aromatic heterocycles. The average Bonchev–Trinajstić information content (AvgIpc) is 3.01. The summed E-state index contributed by atoms with van der Waals surface area (Å²) in [6.45, 7) is 4.08. The molecule has 2 aliphatic carbocycles. The smallest absolute Gasteiger partial charge is 0.270 e. The van der Waals surface area contributed by atoms with E-state index in [2.05, 4.69) is 6.92 Å². The molecule has 4 nitrogen and oxygen atoms in total. The normalized spacial score (nSPS) is 28.9. The lowest BCUT2D eigenvalue weighted by Gasteiger charge is -2.37. The van der Waals surface area contributed by atoms with Gasteiger partial charge in [0.05, 0.1) is 13.1 Å². The van der Waals surface area contributed by atoms with Crippen molar-refractivity contribution in [3.8, 4) is 0 Å². The first-order valence-corrected chi connectivity index (χ1v) is 9.66. The lowest BCUT2D eigenvalue weighted by Crippen LogP contribution is -2.51. The molecular formula is C20H29F2N3O. The molecule has 0 aromatic rings. The van der Waals surface area contributed by atoms with E-state index in [0.29, 0.717) is 25.9 Å². The number of aliphatic imine (C=N–C) groups is 1. The number of alkyl halides is 2. The molecule has 6 heteroatoms. The van der Waals surface area contributed by atoms with Gasteiger partial charge in [0.1, 0.15) is 5.70 Å². The fraction of sp³-hybridized carbons (Fsp3) is 0.700. The predicted octanol–water partition coefficient (Wildman–Crippen LogP) is 3.83. The number of piperidine rings is 1. The number of halogens is 2. The molecule has 0 aromatic carbocycles. The van der Waals surface area contributed by atoms with E-state index in [9.17, 15) is 13.6 Å². The Morgan fingerprint density at radius 1 is 1.27 bits per heavy atom. The summed E-state index contributed by atoms with van der Waals surface area (Å²) in [7, 11) is 0. The van der Waals surface area contributed by atoms with Gasteiger partial charge in [0.2, 0.25) is 0 Å². The van der Waals surface area contributed by atoms with Crippen molar-refractivity contribution in [3.63, 3.8) is 0 Å². The lowest BCUT2D eigenvalue weighted by atomic mass is 9.88. The molecule has 1 amide bonds. The monoisotopic (exact) mass is 365 g/mol. The molecule has 3 fully saturated rings. The fourth-order valence-corrected chi connectivity index (χ4v) is 3.82. The number of likely N-dealkylation sites (tertiary alicyclic amines) is 1. The quantitative estimate of drug-likeness (QED) is 0.610. The summed E-state index contributed by atoms with van der Waals surface area (Å²) in [5.74, 6) is -4.01. The van der Waals surface area contributed by atoms with Crippen molar-refractivity contribution in [1.29, 1.82) is 0 Å². The van der Waals surface area contributed by atoms with Gasteiger partial charge in [-0.3, -0.25) is 9.79 Å². The third-order valence-corrected chi connectivity index (χ3v) is 6.05. The van der Waals surface area contributed by atoms with Crippen LogP contribution in [0, 0.1) is 5.92 Å². The second kappa shape index (κ2) is 7.49. The van der Waals surface area contributed by atoms with Gasteiger partial charge in [0.25, 0.3) is 11.8 Å². The summed E-state index contributed by atoms with van der Waals surface area (Å²) < 4.78 is 27.9. The van der Waals surface area contributed by atoms with Crippen LogP contribution in [-0.4, -0.2) is 42.1 Å². The van der Waals surface area contributed by atoms with Crippen LogP contribution in [0.4, 0.5) is 8.78 Å². The Kier molecular flexibility index (Phi) is 5.49. The van der Waals surface area contributed by atoms with E-state index in [1.54, 1.807) is 0 Å². The van der Waals surface area contributed by atoms with Gasteiger partial charge in [-0.1, -0.05) is 18.1 Å². The van der Waals surface area contributed by atoms with Crippen LogP contribution in [0.1, 0.15) is 58.8 Å². The molecule has 144 valence electrons. The van der Waals surface area contributed by atoms with Crippen molar-refractivity contribution in [2.45, 2.75) is 64.7 Å². The number of nitrogens with two attached hydrogens (primary N) is 1. The van der Waals surface area contributed by atoms with E-state index in [1.807, 2.05) is 0 Å². The number of nitrogens with zero attached hydrogens (tertiary/aromatic N) is 2. The molecule has 2 N–H and O–H groups in total. The van der Waals surface area contributed by atoms with Gasteiger partial charge in [0, 0.05) is 23.7 Å². The minimum atomic E-state index is -2.85. The zero-order valence-electron chi connectivity index (χ0n) is 15.8. The number of allylic oxidation sites excluding steroid dienone is 2. The van der Waals surface area contributed by atoms with Gasteiger partial charge in [-0.25, -0.2) is 8.78 Å². The standard InChI is InChI=1S/C20H29F2N3O/c1-13(15-5-3-6-15)11-24-17-8-4-7-16(17)18(23)19(26)25-10-9-14(2)20(21,22)12-25/h14H,3-12,23H2,1-2H3/b18-16-,24-17?. The van der Waals surface area contributed by atoms with Crippen molar-refractivity contribution in [3.05, 3.63) is 22.4 Å². The molecule has 3 aliphatic rings. The molecule has 1 unspecified atom stereocenters. The maximum atomic E-state index is 14.0. The predicted molar refractivity (Wildman–Crippen MR) is 99.2 cm³/mol. The second-order valence-electron chi connectivity index (χ2n) is 7.92. The molecule has 0 bridgehead atoms. The van der Waals surface area contributed by atoms with Crippen LogP contribution < -0.4 is 5.73 Å². The van der Waals surface area contributed by atoms with E-state index in [4.69, 9.17) is 10.7 Å². The van der Waals surface area contributed by atoms with Crippen LogP contribution in [0.2, 0.25) is 0 Å². The zero-order valence-corrected chi connectivity index (χ0v) is 15.8. The van der Waals surface area contributed by atoms with Crippen molar-refractivity contribution in [2.24, 2.45) is 16.6 Å². The number of carbonyl (C=O) groups is 1. The van der Waals surface area contributed by atoms with E-state index in [0.717, 1.165) is 24.1 Å². The molecular weight excluding hydrogens is 336 g/mol. The van der Waals surface area contributed by atoms with Crippen LogP contribution in [-0.2, 0) is 4.79 Å². The first-order chi connectivity index (χ1) is 12.3. The van der Waals surface area contributed by atoms with Crippen molar-refractivity contribution in [1.82, 2.24) is 4.90 Å². The van der Waals surface area contributed by atoms with Gasteiger partial charge in [0.15, 0.2) is 0 Å². The third kappa shape index (κ3) is 3.84. The van der Waals surface area contributed by atoms with Gasteiger partial charge in [-0.05, 0) is 51.9 Å². The molecule has 26 heavy (non-hydrogen) atoms. The van der Waals surface area contributed by atoms with Crippen LogP contribution in [0.3, 0.4) is 0 Å². The summed E-state index contributed by atoms with van der Waals surface area (Å²) in [6.07, 6.45) is 6.31. The van der Waals surface area contributed by atoms with E-state index < -0.39 is 24.3 Å². The first kappa shape index (κ1) is 19.1. The molecule has 1 saturated heterocycles. The maximum absolute atomic E-state index is 14.0. The van der Waals surface area contributed by atoms with Crippen LogP contribution in [0.15, 0.2) is 27.4 Å². The second-order valence-corrected chi connectivity index (χ2v) is 7.92. The number of rotatable bonds is 3. The topological polar surface area (TPSA) is 58.7 Å². The highest BCUT2D eigenvalue weighted by Crippen LogP contribution is 2.33. The Morgan fingerprint density at radius 3 is 2.58 bits per heavy atom. The maximum Gasteiger partial charge on any atom is 0.270 e. The minimum absolute atomic E-state index is 0.112. The highest BCUT2D eigenvalue weighted by molar-refractivity contribution is 6.09. The van der Waals surface area contributed by atoms with Crippen molar-refractivity contribution in [2.75, 3.05) is 19.6 Å². The summed E-state index contributed by atoms with van der Waals surface area (Å²) in [6, 6.07) is 0. The van der Waals surface area contributed by atoms with Crippen LogP contribution in [0.25, 0.3) is 0 Å². The van der Waals surface area contributed by atoms with Crippen LogP contribution in [0.5, 0.6) is 0 Å². The molecule has 0 radical (unpaired) electrons. The number of carbonyl (C=O) groups excluding carboxylic acids is 1. The average molecular weight is 365 g/mol. The number of hydrogen-bond acceptors (Lipinski definition) is 3. The van der Waals surface area contributed by atoms with Crippen molar-refractivity contribution >= 4 is 11.6 Å². The van der Waals surface area contributed by atoms with Gasteiger partial charge < -0.3 is 10.6 Å². The van der Waals surface area contributed by atoms with E-state index >= 15 is 0 Å². The van der Waals surface area contributed by atoms with Gasteiger partial charge >= 0.3 is 0 Å². The molecule has 1 heterocycles. The molecule has 2 saturated carbocycles. The summed E-state index contributed by atoms with van der Waals surface area (Å²) in [5, 5.41) is 0. The third-order valence-electron chi connectivity index (χ3n) is 6.05. The molecule has 0 spiro atoms. The summed E-state index contributed by atoms with van der Waals surface area (Å²) >= 11 is 0. The summed E-state index contributed by atoms with van der Waals surface area (Å²) in [5.41, 5.74) is 10.7. The Bertz CT molecular complexity index is 673. The van der Waals surface area contributed by atoms with Gasteiger partial charge in [-0.15, -0.1) is 0 Å². The number of amides is 1. The fourth-order valence-electron chi connectivity index (χ4n) is 3.82. The SMILES string of the molecule is CC(CN=C1CCC/C1=C(/N)C(=O)N1CCC(C)C(F)(F)C1)=C1CCC1. The van der Waals surface area contributed by atoms with Crippen molar-refractivity contribution < 1.29 is 13.6 Å². The van der Waals surface area contributed by atoms with Gasteiger partial charge in [-0.2, -0.15) is 0 Å². The Morgan fingerprint density at radius 2 is 1.96 bits per heavy atom. The first-order valence-electron chi connectivity index (χ1n) is 9.66. The van der Waals surface area contributed by atoms with E-state index in [1.165, 1.54) is 42.2 Å². The highest BCUT2D eigenvalue weighted by Gasteiger charge is 2.43. The highest BCUT2D eigenvalue weighted by atomic mass is 19.3. The Labute approximate surface area is 154 Å². The lowest BCUT2D eigenvalue weighted by molar-refractivity contribution is -0.145. The molecule has 1 atom stereocenters. The number of hydrogen-bond donors (Lipinski definition) is 1. The summed E-state index contributed by atoms with van der Waals surface area (Å²) in [4.78, 5) is 18.6. The minimum Gasteiger partial charge on any atom is -0.394 e.